The first-order chi connectivity index (χ1) is 13.1. The van der Waals surface area contributed by atoms with Crippen LogP contribution in [0.3, 0.4) is 0 Å². The van der Waals surface area contributed by atoms with E-state index in [0.29, 0.717) is 12.8 Å². The number of carboxylic acids is 1. The van der Waals surface area contributed by atoms with Crippen LogP contribution < -0.4 is 0 Å². The highest BCUT2D eigenvalue weighted by molar-refractivity contribution is 5.66. The summed E-state index contributed by atoms with van der Waals surface area (Å²) in [6.07, 6.45) is 21.9. The fourth-order valence-electron chi connectivity index (χ4n) is 2.66. The molecule has 4 heteroatoms. The van der Waals surface area contributed by atoms with Crippen molar-refractivity contribution in [2.45, 2.75) is 110 Å². The number of carbonyl (C=O) groups is 1. The maximum absolute atomic E-state index is 10.3. The first kappa shape index (κ1) is 28.3. The largest absolute Gasteiger partial charge is 0.481 e. The Kier molecular flexibility index (Phi) is 26.4. The molecular formula is C23H46O4. The number of carboxylic acid groups (broad SMARTS) is 1. The Labute approximate surface area is 168 Å². The van der Waals surface area contributed by atoms with Gasteiger partial charge in [-0.25, -0.2) is 0 Å². The second-order valence-electron chi connectivity index (χ2n) is 7.53. The second-order valence-corrected chi connectivity index (χ2v) is 7.53. The Balaban J connectivity index is 0. The minimum absolute atomic E-state index is 0.181. The van der Waals surface area contributed by atoms with Crippen molar-refractivity contribution in [1.29, 1.82) is 0 Å². The number of aliphatic carboxylic acids is 1. The summed E-state index contributed by atoms with van der Waals surface area (Å²) < 4.78 is 0. The third-order valence-electron chi connectivity index (χ3n) is 4.59. The quantitative estimate of drug-likeness (QED) is 0.196. The lowest BCUT2D eigenvalue weighted by molar-refractivity contribution is -0.137. The molecule has 0 saturated heterocycles. The molecule has 1 atom stereocenters. The molecule has 0 radical (unpaired) electrons. The number of unbranched alkanes of at least 4 members (excludes halogenated alkanes) is 11. The zero-order valence-corrected chi connectivity index (χ0v) is 18.0. The highest BCUT2D eigenvalue weighted by Gasteiger charge is 1.96. The zero-order chi connectivity index (χ0) is 20.6. The summed E-state index contributed by atoms with van der Waals surface area (Å²) in [7, 11) is 0. The van der Waals surface area contributed by atoms with Crippen molar-refractivity contribution in [3.05, 3.63) is 12.2 Å². The molecule has 0 fully saturated rings. The smallest absolute Gasteiger partial charge is 0.303 e. The number of aliphatic hydroxyl groups excluding tert-OH is 2. The van der Waals surface area contributed by atoms with E-state index in [2.05, 4.69) is 19.1 Å². The average molecular weight is 387 g/mol. The van der Waals surface area contributed by atoms with Crippen LogP contribution in [0.1, 0.15) is 110 Å². The molecule has 0 rings (SSSR count). The molecule has 0 heterocycles. The molecule has 1 unspecified atom stereocenters. The van der Waals surface area contributed by atoms with Gasteiger partial charge in [-0.3, -0.25) is 4.79 Å². The molecular weight excluding hydrogens is 340 g/mol. The SMILES string of the molecule is CC(CO)CCO.CCCCCCCCC=CCCCCCCCC(=O)O. The zero-order valence-electron chi connectivity index (χ0n) is 18.0. The summed E-state index contributed by atoms with van der Waals surface area (Å²) >= 11 is 0. The van der Waals surface area contributed by atoms with Crippen molar-refractivity contribution < 1.29 is 20.1 Å². The summed E-state index contributed by atoms with van der Waals surface area (Å²) in [6, 6.07) is 0. The van der Waals surface area contributed by atoms with Crippen LogP contribution >= 0.6 is 0 Å². The monoisotopic (exact) mass is 386 g/mol. The highest BCUT2D eigenvalue weighted by atomic mass is 16.4. The lowest BCUT2D eigenvalue weighted by Crippen LogP contribution is -2.01. The topological polar surface area (TPSA) is 77.8 Å². The lowest BCUT2D eigenvalue weighted by Gasteiger charge is -2.01. The van der Waals surface area contributed by atoms with Gasteiger partial charge in [-0.2, -0.15) is 0 Å². The number of allylic oxidation sites excluding steroid dienone is 2. The summed E-state index contributed by atoms with van der Waals surface area (Å²) in [6.45, 7) is 4.52. The Morgan fingerprint density at radius 1 is 0.815 bits per heavy atom. The van der Waals surface area contributed by atoms with Gasteiger partial charge in [0.2, 0.25) is 0 Å². The van der Waals surface area contributed by atoms with Gasteiger partial charge < -0.3 is 15.3 Å². The molecule has 0 amide bonds. The van der Waals surface area contributed by atoms with Crippen LogP contribution in [-0.2, 0) is 4.79 Å². The Morgan fingerprint density at radius 3 is 1.70 bits per heavy atom. The van der Waals surface area contributed by atoms with E-state index in [0.717, 1.165) is 12.8 Å². The molecule has 0 aromatic heterocycles. The van der Waals surface area contributed by atoms with Gasteiger partial charge in [0, 0.05) is 19.6 Å². The third-order valence-corrected chi connectivity index (χ3v) is 4.59. The second kappa shape index (κ2) is 25.1. The summed E-state index contributed by atoms with van der Waals surface area (Å²) in [5, 5.41) is 25.1. The Bertz CT molecular complexity index is 316. The summed E-state index contributed by atoms with van der Waals surface area (Å²) in [4.78, 5) is 10.3. The van der Waals surface area contributed by atoms with Crippen LogP contribution in [0.5, 0.6) is 0 Å². The fraction of sp³-hybridized carbons (Fsp3) is 0.870. The number of hydrogen-bond acceptors (Lipinski definition) is 3. The van der Waals surface area contributed by atoms with Crippen molar-refractivity contribution in [1.82, 2.24) is 0 Å². The van der Waals surface area contributed by atoms with Crippen molar-refractivity contribution in [3.8, 4) is 0 Å². The Hall–Kier alpha value is -0.870. The predicted molar refractivity (Wildman–Crippen MR) is 115 cm³/mol. The fourth-order valence-corrected chi connectivity index (χ4v) is 2.66. The van der Waals surface area contributed by atoms with Crippen LogP contribution in [0.4, 0.5) is 0 Å². The van der Waals surface area contributed by atoms with Gasteiger partial charge in [-0.05, 0) is 44.4 Å². The molecule has 0 spiro atoms. The molecule has 0 aromatic carbocycles. The van der Waals surface area contributed by atoms with Gasteiger partial charge in [0.1, 0.15) is 0 Å². The van der Waals surface area contributed by atoms with Crippen LogP contribution in [0.2, 0.25) is 0 Å². The van der Waals surface area contributed by atoms with Gasteiger partial charge in [0.15, 0.2) is 0 Å². The number of rotatable bonds is 18. The molecule has 27 heavy (non-hydrogen) atoms. The highest BCUT2D eigenvalue weighted by Crippen LogP contribution is 2.09. The van der Waals surface area contributed by atoms with E-state index in [1.807, 2.05) is 6.92 Å². The summed E-state index contributed by atoms with van der Waals surface area (Å²) in [5.41, 5.74) is 0. The van der Waals surface area contributed by atoms with E-state index in [4.69, 9.17) is 15.3 Å². The lowest BCUT2D eigenvalue weighted by atomic mass is 10.1. The van der Waals surface area contributed by atoms with E-state index in [-0.39, 0.29) is 19.1 Å². The minimum Gasteiger partial charge on any atom is -0.481 e. The van der Waals surface area contributed by atoms with E-state index < -0.39 is 5.97 Å². The first-order valence-corrected chi connectivity index (χ1v) is 11.2. The van der Waals surface area contributed by atoms with Gasteiger partial charge in [-0.15, -0.1) is 0 Å². The van der Waals surface area contributed by atoms with Crippen LogP contribution in [0, 0.1) is 5.92 Å². The molecule has 162 valence electrons. The molecule has 0 bridgehead atoms. The van der Waals surface area contributed by atoms with Crippen LogP contribution in [0.15, 0.2) is 12.2 Å². The predicted octanol–water partition coefficient (Wildman–Crippen LogP) is 6.11. The van der Waals surface area contributed by atoms with E-state index >= 15 is 0 Å². The maximum Gasteiger partial charge on any atom is 0.303 e. The van der Waals surface area contributed by atoms with Gasteiger partial charge in [-0.1, -0.05) is 77.4 Å². The summed E-state index contributed by atoms with van der Waals surface area (Å²) in [5.74, 6) is -0.410. The molecule has 0 aliphatic carbocycles. The van der Waals surface area contributed by atoms with E-state index in [9.17, 15) is 4.79 Å². The number of hydrogen-bond donors (Lipinski definition) is 3. The van der Waals surface area contributed by atoms with Gasteiger partial charge in [0.05, 0.1) is 0 Å². The normalized spacial score (nSPS) is 12.0. The standard InChI is InChI=1S/C18H34O2.C5H12O2/c1-2-3-4-5-6-7-8-9-10-11-12-13-14-15-16-17-18(19)20;1-5(4-7)2-3-6/h9-10H,2-8,11-17H2,1H3,(H,19,20);5-7H,2-4H2,1H3. The van der Waals surface area contributed by atoms with Crippen LogP contribution in [0.25, 0.3) is 0 Å². The number of aliphatic hydroxyl groups is 2. The van der Waals surface area contributed by atoms with E-state index in [1.165, 1.54) is 70.6 Å². The molecule has 3 N–H and O–H groups in total. The average Bonchev–Trinajstić information content (AvgIpc) is 2.65. The third kappa shape index (κ3) is 30.1. The maximum atomic E-state index is 10.3. The minimum atomic E-state index is -0.664. The van der Waals surface area contributed by atoms with Crippen molar-refractivity contribution in [2.24, 2.45) is 5.92 Å². The van der Waals surface area contributed by atoms with Crippen molar-refractivity contribution >= 4 is 5.97 Å². The Morgan fingerprint density at radius 2 is 1.30 bits per heavy atom. The molecule has 0 aliphatic rings. The van der Waals surface area contributed by atoms with Crippen LogP contribution in [-0.4, -0.2) is 34.5 Å². The molecule has 0 aliphatic heterocycles. The van der Waals surface area contributed by atoms with Crippen molar-refractivity contribution in [2.75, 3.05) is 13.2 Å². The molecule has 0 aromatic rings. The van der Waals surface area contributed by atoms with Gasteiger partial charge >= 0.3 is 5.97 Å². The first-order valence-electron chi connectivity index (χ1n) is 11.2. The van der Waals surface area contributed by atoms with E-state index in [1.54, 1.807) is 0 Å². The molecule has 4 nitrogen and oxygen atoms in total. The van der Waals surface area contributed by atoms with Gasteiger partial charge in [0.25, 0.3) is 0 Å². The van der Waals surface area contributed by atoms with Crippen molar-refractivity contribution in [3.63, 3.8) is 0 Å². The molecule has 0 saturated carbocycles.